The lowest BCUT2D eigenvalue weighted by Gasteiger charge is -2.22. The summed E-state index contributed by atoms with van der Waals surface area (Å²) >= 11 is 0. The number of nitriles is 1. The first-order valence-corrected chi connectivity index (χ1v) is 5.67. The molecule has 0 bridgehead atoms. The largest absolute Gasteiger partial charge is 0.381 e. The van der Waals surface area contributed by atoms with E-state index in [2.05, 4.69) is 0 Å². The topological polar surface area (TPSA) is 42.2 Å². The monoisotopic (exact) mass is 235 g/mol. The molecule has 0 amide bonds. The number of benzene rings is 1. The fourth-order valence-electron chi connectivity index (χ4n) is 1.85. The van der Waals surface area contributed by atoms with Crippen molar-refractivity contribution >= 4 is 0 Å². The molecule has 1 aliphatic heterocycles. The van der Waals surface area contributed by atoms with Gasteiger partial charge in [-0.15, -0.1) is 0 Å². The van der Waals surface area contributed by atoms with E-state index >= 15 is 0 Å². The third-order valence-corrected chi connectivity index (χ3v) is 2.74. The van der Waals surface area contributed by atoms with E-state index in [0.717, 1.165) is 26.1 Å². The van der Waals surface area contributed by atoms with Gasteiger partial charge < -0.3 is 9.47 Å². The van der Waals surface area contributed by atoms with Gasteiger partial charge in [0.15, 0.2) is 0 Å². The summed E-state index contributed by atoms with van der Waals surface area (Å²) in [5, 5.41) is 8.73. The van der Waals surface area contributed by atoms with Gasteiger partial charge in [0.2, 0.25) is 0 Å². The van der Waals surface area contributed by atoms with Crippen molar-refractivity contribution in [2.45, 2.75) is 25.6 Å². The summed E-state index contributed by atoms with van der Waals surface area (Å²) in [6.07, 6.45) is 1.93. The van der Waals surface area contributed by atoms with E-state index < -0.39 is 5.82 Å². The number of hydrogen-bond donors (Lipinski definition) is 0. The minimum Gasteiger partial charge on any atom is -0.381 e. The molecule has 1 aliphatic rings. The molecule has 0 aromatic heterocycles. The third kappa shape index (κ3) is 3.52. The van der Waals surface area contributed by atoms with Gasteiger partial charge >= 0.3 is 0 Å². The van der Waals surface area contributed by atoms with Gasteiger partial charge in [-0.05, 0) is 36.6 Å². The highest BCUT2D eigenvalue weighted by molar-refractivity contribution is 5.33. The normalized spacial score (nSPS) is 16.7. The SMILES string of the molecule is N#Cc1cc(F)cc(COC2CCOCC2)c1. The maximum absolute atomic E-state index is 13.2. The van der Waals surface area contributed by atoms with Crippen molar-refractivity contribution in [2.24, 2.45) is 0 Å². The first-order valence-electron chi connectivity index (χ1n) is 5.67. The average molecular weight is 235 g/mol. The van der Waals surface area contributed by atoms with Crippen LogP contribution in [0.4, 0.5) is 4.39 Å². The molecule has 0 saturated carbocycles. The van der Waals surface area contributed by atoms with Gasteiger partial charge in [0.25, 0.3) is 0 Å². The summed E-state index contributed by atoms with van der Waals surface area (Å²) in [4.78, 5) is 0. The van der Waals surface area contributed by atoms with Crippen molar-refractivity contribution in [1.29, 1.82) is 5.26 Å². The number of hydrogen-bond acceptors (Lipinski definition) is 3. The minimum absolute atomic E-state index is 0.178. The molecule has 0 spiro atoms. The quantitative estimate of drug-likeness (QED) is 0.807. The molecule has 0 N–H and O–H groups in total. The first kappa shape index (κ1) is 12.0. The first-order chi connectivity index (χ1) is 8.28. The highest BCUT2D eigenvalue weighted by Crippen LogP contribution is 2.15. The van der Waals surface area contributed by atoms with Gasteiger partial charge in [-0.2, -0.15) is 5.26 Å². The van der Waals surface area contributed by atoms with Gasteiger partial charge in [-0.1, -0.05) is 0 Å². The second-order valence-electron chi connectivity index (χ2n) is 4.08. The Kier molecular flexibility index (Phi) is 4.08. The lowest BCUT2D eigenvalue weighted by molar-refractivity contribution is -0.0391. The summed E-state index contributed by atoms with van der Waals surface area (Å²) in [5.41, 5.74) is 1.03. The van der Waals surface area contributed by atoms with Crippen LogP contribution in [0.1, 0.15) is 24.0 Å². The van der Waals surface area contributed by atoms with Crippen LogP contribution in [-0.4, -0.2) is 19.3 Å². The van der Waals surface area contributed by atoms with E-state index in [-0.39, 0.29) is 6.10 Å². The minimum atomic E-state index is -0.394. The Labute approximate surface area is 99.8 Å². The maximum atomic E-state index is 13.2. The van der Waals surface area contributed by atoms with Crippen molar-refractivity contribution < 1.29 is 13.9 Å². The molecule has 3 nitrogen and oxygen atoms in total. The summed E-state index contributed by atoms with van der Waals surface area (Å²) in [6, 6.07) is 6.21. The fourth-order valence-corrected chi connectivity index (χ4v) is 1.85. The number of nitrogens with zero attached hydrogens (tertiary/aromatic N) is 1. The smallest absolute Gasteiger partial charge is 0.124 e. The Bertz CT molecular complexity index is 422. The average Bonchev–Trinajstić information content (AvgIpc) is 2.37. The molecular formula is C13H14FNO2. The van der Waals surface area contributed by atoms with Crippen LogP contribution in [0.5, 0.6) is 0 Å². The van der Waals surface area contributed by atoms with E-state index in [1.165, 1.54) is 12.1 Å². The zero-order valence-electron chi connectivity index (χ0n) is 9.49. The number of rotatable bonds is 3. The lowest BCUT2D eigenvalue weighted by atomic mass is 10.1. The molecule has 0 atom stereocenters. The summed E-state index contributed by atoms with van der Waals surface area (Å²) in [7, 11) is 0. The van der Waals surface area contributed by atoms with Crippen molar-refractivity contribution in [3.63, 3.8) is 0 Å². The zero-order valence-corrected chi connectivity index (χ0v) is 9.49. The summed E-state index contributed by atoms with van der Waals surface area (Å²) in [5.74, 6) is -0.394. The molecule has 0 radical (unpaired) electrons. The molecule has 1 fully saturated rings. The standard InChI is InChI=1S/C13H14FNO2/c14-12-6-10(8-15)5-11(7-12)9-17-13-1-3-16-4-2-13/h5-7,13H,1-4,9H2. The Morgan fingerprint density at radius 1 is 1.35 bits per heavy atom. The second kappa shape index (κ2) is 5.76. The Hall–Kier alpha value is -1.44. The molecule has 2 rings (SSSR count). The van der Waals surface area contributed by atoms with Crippen molar-refractivity contribution in [3.05, 3.63) is 35.1 Å². The van der Waals surface area contributed by atoms with E-state index in [1.54, 1.807) is 6.07 Å². The van der Waals surface area contributed by atoms with Crippen LogP contribution in [0.15, 0.2) is 18.2 Å². The van der Waals surface area contributed by atoms with Crippen LogP contribution in [-0.2, 0) is 16.1 Å². The van der Waals surface area contributed by atoms with Crippen LogP contribution in [0.2, 0.25) is 0 Å². The van der Waals surface area contributed by atoms with Crippen LogP contribution < -0.4 is 0 Å². The molecular weight excluding hydrogens is 221 g/mol. The second-order valence-corrected chi connectivity index (χ2v) is 4.08. The fraction of sp³-hybridized carbons (Fsp3) is 0.462. The summed E-state index contributed by atoms with van der Waals surface area (Å²) in [6.45, 7) is 1.78. The van der Waals surface area contributed by atoms with Gasteiger partial charge in [0.05, 0.1) is 24.3 Å². The van der Waals surface area contributed by atoms with Gasteiger partial charge in [-0.3, -0.25) is 0 Å². The van der Waals surface area contributed by atoms with Crippen LogP contribution >= 0.6 is 0 Å². The lowest BCUT2D eigenvalue weighted by Crippen LogP contribution is -2.23. The van der Waals surface area contributed by atoms with E-state index in [4.69, 9.17) is 14.7 Å². The molecule has 1 aromatic rings. The molecule has 17 heavy (non-hydrogen) atoms. The molecule has 1 saturated heterocycles. The van der Waals surface area contributed by atoms with Gasteiger partial charge in [0, 0.05) is 13.2 Å². The summed E-state index contributed by atoms with van der Waals surface area (Å²) < 4.78 is 24.0. The molecule has 1 heterocycles. The number of ether oxygens (including phenoxy) is 2. The Morgan fingerprint density at radius 3 is 2.82 bits per heavy atom. The molecule has 0 aliphatic carbocycles. The molecule has 1 aromatic carbocycles. The predicted molar refractivity (Wildman–Crippen MR) is 59.7 cm³/mol. The van der Waals surface area contributed by atoms with Gasteiger partial charge in [0.1, 0.15) is 5.82 Å². The predicted octanol–water partition coefficient (Wildman–Crippen LogP) is 2.39. The zero-order chi connectivity index (χ0) is 12.1. The molecule has 0 unspecified atom stereocenters. The molecule has 90 valence electrons. The number of halogens is 1. The van der Waals surface area contributed by atoms with Gasteiger partial charge in [-0.25, -0.2) is 4.39 Å². The van der Waals surface area contributed by atoms with Crippen molar-refractivity contribution in [3.8, 4) is 6.07 Å². The van der Waals surface area contributed by atoms with Crippen molar-refractivity contribution in [2.75, 3.05) is 13.2 Å². The highest BCUT2D eigenvalue weighted by Gasteiger charge is 2.14. The van der Waals surface area contributed by atoms with Crippen LogP contribution in [0.3, 0.4) is 0 Å². The Morgan fingerprint density at radius 2 is 2.12 bits per heavy atom. The van der Waals surface area contributed by atoms with E-state index in [0.29, 0.717) is 17.7 Å². The molecule has 4 heteroatoms. The van der Waals surface area contributed by atoms with Crippen LogP contribution in [0, 0.1) is 17.1 Å². The van der Waals surface area contributed by atoms with Crippen molar-refractivity contribution in [1.82, 2.24) is 0 Å². The Balaban J connectivity index is 1.94. The third-order valence-electron chi connectivity index (χ3n) is 2.74. The highest BCUT2D eigenvalue weighted by atomic mass is 19.1. The van der Waals surface area contributed by atoms with E-state index in [9.17, 15) is 4.39 Å². The van der Waals surface area contributed by atoms with E-state index in [1.807, 2.05) is 6.07 Å². The van der Waals surface area contributed by atoms with Crippen LogP contribution in [0.25, 0.3) is 0 Å². The maximum Gasteiger partial charge on any atom is 0.124 e.